The fourth-order valence-electron chi connectivity index (χ4n) is 1.66. The van der Waals surface area contributed by atoms with E-state index in [2.05, 4.69) is 15.9 Å². The summed E-state index contributed by atoms with van der Waals surface area (Å²) in [6.07, 6.45) is 1.28. The molecule has 0 aliphatic rings. The van der Waals surface area contributed by atoms with E-state index in [4.69, 9.17) is 4.74 Å². The molecule has 0 heterocycles. The van der Waals surface area contributed by atoms with E-state index < -0.39 is 16.7 Å². The van der Waals surface area contributed by atoms with Crippen LogP contribution in [0.4, 0.5) is 5.69 Å². The largest absolute Gasteiger partial charge is 0.462 e. The van der Waals surface area contributed by atoms with E-state index >= 15 is 0 Å². The highest BCUT2D eigenvalue weighted by Crippen LogP contribution is 2.26. The second-order valence-corrected chi connectivity index (χ2v) is 5.39. The normalized spacial score (nSPS) is 11.0. The standard InChI is InChI=1S/C14H15BrN2O5/c1-4-22-14(19)11(8-16(2)3)13(18)10-6-5-9(15)7-12(10)17(20)21/h5-8H,4H2,1-3H3. The second-order valence-electron chi connectivity index (χ2n) is 4.47. The summed E-state index contributed by atoms with van der Waals surface area (Å²) < 4.78 is 5.30. The lowest BCUT2D eigenvalue weighted by Gasteiger charge is -2.11. The number of ketones is 1. The molecule has 0 radical (unpaired) electrons. The minimum absolute atomic E-state index is 0.0965. The van der Waals surface area contributed by atoms with Gasteiger partial charge in [0.15, 0.2) is 0 Å². The van der Waals surface area contributed by atoms with Crippen LogP contribution in [0.3, 0.4) is 0 Å². The van der Waals surface area contributed by atoms with Gasteiger partial charge in [0.1, 0.15) is 11.1 Å². The molecular weight excluding hydrogens is 356 g/mol. The van der Waals surface area contributed by atoms with Gasteiger partial charge in [-0.05, 0) is 19.1 Å². The van der Waals surface area contributed by atoms with Crippen LogP contribution < -0.4 is 0 Å². The molecule has 7 nitrogen and oxygen atoms in total. The Hall–Kier alpha value is -2.22. The van der Waals surface area contributed by atoms with E-state index in [0.717, 1.165) is 0 Å². The molecule has 0 spiro atoms. The van der Waals surface area contributed by atoms with Gasteiger partial charge in [-0.3, -0.25) is 14.9 Å². The molecule has 1 rings (SSSR count). The number of carbonyl (C=O) groups is 2. The molecule has 0 fully saturated rings. The third-order valence-corrected chi connectivity index (χ3v) is 3.02. The van der Waals surface area contributed by atoms with Crippen molar-refractivity contribution in [2.45, 2.75) is 6.92 Å². The van der Waals surface area contributed by atoms with Crippen molar-refractivity contribution in [1.29, 1.82) is 0 Å². The molecule has 1 aromatic carbocycles. The maximum absolute atomic E-state index is 12.5. The lowest BCUT2D eigenvalue weighted by atomic mass is 10.0. The van der Waals surface area contributed by atoms with Crippen LogP contribution in [-0.4, -0.2) is 42.3 Å². The Morgan fingerprint density at radius 3 is 2.55 bits per heavy atom. The Balaban J connectivity index is 3.37. The topological polar surface area (TPSA) is 89.8 Å². The minimum Gasteiger partial charge on any atom is -0.462 e. The highest BCUT2D eigenvalue weighted by Gasteiger charge is 2.28. The number of nitrogens with zero attached hydrogens (tertiary/aromatic N) is 2. The third-order valence-electron chi connectivity index (χ3n) is 2.53. The van der Waals surface area contributed by atoms with Crippen LogP contribution in [0.5, 0.6) is 0 Å². The molecule has 0 atom stereocenters. The number of nitro groups is 1. The summed E-state index contributed by atoms with van der Waals surface area (Å²) in [5, 5.41) is 11.1. The Morgan fingerprint density at radius 1 is 1.41 bits per heavy atom. The first kappa shape index (κ1) is 17.8. The maximum atomic E-state index is 12.5. The van der Waals surface area contributed by atoms with Gasteiger partial charge in [0.2, 0.25) is 5.78 Å². The number of halogens is 1. The molecule has 8 heteroatoms. The summed E-state index contributed by atoms with van der Waals surface area (Å²) >= 11 is 3.11. The summed E-state index contributed by atoms with van der Waals surface area (Å²) in [4.78, 5) is 36.4. The molecular formula is C14H15BrN2O5. The number of Topliss-reactive ketones (excluding diaryl/α,β-unsaturated/α-hetero) is 1. The first-order chi connectivity index (χ1) is 10.3. The zero-order valence-corrected chi connectivity index (χ0v) is 13.9. The zero-order valence-electron chi connectivity index (χ0n) is 12.3. The van der Waals surface area contributed by atoms with Gasteiger partial charge in [0.05, 0.1) is 11.5 Å². The molecule has 0 aromatic heterocycles. The molecule has 0 aliphatic heterocycles. The first-order valence-corrected chi connectivity index (χ1v) is 7.11. The highest BCUT2D eigenvalue weighted by molar-refractivity contribution is 9.10. The average molecular weight is 371 g/mol. The van der Waals surface area contributed by atoms with Gasteiger partial charge in [-0.15, -0.1) is 0 Å². The van der Waals surface area contributed by atoms with Gasteiger partial charge in [0, 0.05) is 30.8 Å². The van der Waals surface area contributed by atoms with Crippen LogP contribution in [0, 0.1) is 10.1 Å². The first-order valence-electron chi connectivity index (χ1n) is 6.32. The van der Waals surface area contributed by atoms with Crippen LogP contribution in [0.25, 0.3) is 0 Å². The lowest BCUT2D eigenvalue weighted by Crippen LogP contribution is -2.20. The van der Waals surface area contributed by atoms with E-state index in [0.29, 0.717) is 4.47 Å². The van der Waals surface area contributed by atoms with E-state index in [1.807, 2.05) is 0 Å². The van der Waals surface area contributed by atoms with Gasteiger partial charge < -0.3 is 9.64 Å². The quantitative estimate of drug-likeness (QED) is 0.145. The van der Waals surface area contributed by atoms with Crippen molar-refractivity contribution in [3.8, 4) is 0 Å². The molecule has 1 aromatic rings. The molecule has 22 heavy (non-hydrogen) atoms. The third kappa shape index (κ3) is 4.39. The van der Waals surface area contributed by atoms with Crippen LogP contribution in [-0.2, 0) is 9.53 Å². The SMILES string of the molecule is CCOC(=O)C(=CN(C)C)C(=O)c1ccc(Br)cc1[N+](=O)[O-]. The van der Waals surface area contributed by atoms with Crippen LogP contribution >= 0.6 is 15.9 Å². The molecule has 0 amide bonds. The smallest absolute Gasteiger partial charge is 0.343 e. The zero-order chi connectivity index (χ0) is 16.9. The number of ether oxygens (including phenoxy) is 1. The van der Waals surface area contributed by atoms with Crippen LogP contribution in [0.15, 0.2) is 34.4 Å². The van der Waals surface area contributed by atoms with Crippen LogP contribution in [0.2, 0.25) is 0 Å². The van der Waals surface area contributed by atoms with E-state index in [1.165, 1.54) is 29.3 Å². The molecule has 0 saturated heterocycles. The van der Waals surface area contributed by atoms with E-state index in [1.54, 1.807) is 21.0 Å². The van der Waals surface area contributed by atoms with Crippen LogP contribution in [0.1, 0.15) is 17.3 Å². The predicted octanol–water partition coefficient (Wildman–Crippen LogP) is 2.55. The summed E-state index contributed by atoms with van der Waals surface area (Å²) in [5.41, 5.74) is -0.819. The number of esters is 1. The monoisotopic (exact) mass is 370 g/mol. The summed E-state index contributed by atoms with van der Waals surface area (Å²) in [6, 6.07) is 4.01. The molecule has 0 N–H and O–H groups in total. The summed E-state index contributed by atoms with van der Waals surface area (Å²) in [7, 11) is 3.25. The molecule has 0 unspecified atom stereocenters. The van der Waals surface area contributed by atoms with E-state index in [9.17, 15) is 19.7 Å². The number of rotatable bonds is 6. The molecule has 118 valence electrons. The maximum Gasteiger partial charge on any atom is 0.343 e. The van der Waals surface area contributed by atoms with Gasteiger partial charge in [-0.25, -0.2) is 4.79 Å². The summed E-state index contributed by atoms with van der Waals surface area (Å²) in [5.74, 6) is -1.58. The Labute approximate surface area is 135 Å². The molecule has 0 aliphatic carbocycles. The van der Waals surface area contributed by atoms with E-state index in [-0.39, 0.29) is 23.4 Å². The number of benzene rings is 1. The van der Waals surface area contributed by atoms with Gasteiger partial charge in [0.25, 0.3) is 5.69 Å². The Morgan fingerprint density at radius 2 is 2.05 bits per heavy atom. The fraction of sp³-hybridized carbons (Fsp3) is 0.286. The lowest BCUT2D eigenvalue weighted by molar-refractivity contribution is -0.385. The van der Waals surface area contributed by atoms with Gasteiger partial charge >= 0.3 is 5.97 Å². The van der Waals surface area contributed by atoms with Gasteiger partial charge in [-0.1, -0.05) is 15.9 Å². The Kier molecular flexibility index (Phi) is 6.24. The van der Waals surface area contributed by atoms with Crippen molar-refractivity contribution >= 4 is 33.4 Å². The number of hydrogen-bond acceptors (Lipinski definition) is 6. The van der Waals surface area contributed by atoms with Crippen molar-refractivity contribution in [3.63, 3.8) is 0 Å². The second kappa shape index (κ2) is 7.69. The number of hydrogen-bond donors (Lipinski definition) is 0. The van der Waals surface area contributed by atoms with Gasteiger partial charge in [-0.2, -0.15) is 0 Å². The predicted molar refractivity (Wildman–Crippen MR) is 83.5 cm³/mol. The van der Waals surface area contributed by atoms with Crippen molar-refractivity contribution in [2.24, 2.45) is 0 Å². The van der Waals surface area contributed by atoms with Crippen molar-refractivity contribution < 1.29 is 19.2 Å². The minimum atomic E-state index is -0.821. The summed E-state index contributed by atoms with van der Waals surface area (Å²) in [6.45, 7) is 1.71. The average Bonchev–Trinajstić information content (AvgIpc) is 2.43. The van der Waals surface area contributed by atoms with Crippen molar-refractivity contribution in [1.82, 2.24) is 4.90 Å². The molecule has 0 bridgehead atoms. The number of carbonyl (C=O) groups excluding carboxylic acids is 2. The van der Waals surface area contributed by atoms with Crippen molar-refractivity contribution in [2.75, 3.05) is 20.7 Å². The Bertz CT molecular complexity index is 640. The molecule has 0 saturated carbocycles. The number of nitro benzene ring substituents is 1. The van der Waals surface area contributed by atoms with Crippen molar-refractivity contribution in [3.05, 3.63) is 50.1 Å². The highest BCUT2D eigenvalue weighted by atomic mass is 79.9. The fourth-order valence-corrected chi connectivity index (χ4v) is 2.01.